The molecule has 0 aliphatic carbocycles. The Morgan fingerprint density at radius 1 is 1.50 bits per heavy atom. The maximum atomic E-state index is 5.89. The predicted molar refractivity (Wildman–Crippen MR) is 59.7 cm³/mol. The third kappa shape index (κ3) is 3.68. The van der Waals surface area contributed by atoms with Crippen LogP contribution in [0.15, 0.2) is 6.20 Å². The number of nitrogens with zero attached hydrogens (tertiary/aromatic N) is 2. The predicted octanol–water partition coefficient (Wildman–Crippen LogP) is 2.23. The van der Waals surface area contributed by atoms with Crippen molar-refractivity contribution in [2.24, 2.45) is 0 Å². The summed E-state index contributed by atoms with van der Waals surface area (Å²) in [4.78, 5) is 0. The van der Waals surface area contributed by atoms with E-state index < -0.39 is 0 Å². The van der Waals surface area contributed by atoms with Crippen molar-refractivity contribution in [2.75, 3.05) is 6.54 Å². The van der Waals surface area contributed by atoms with E-state index in [1.54, 1.807) is 0 Å². The molecule has 0 aliphatic rings. The van der Waals surface area contributed by atoms with Crippen LogP contribution in [0, 0.1) is 6.92 Å². The first kappa shape index (κ1) is 11.5. The molecule has 1 aromatic heterocycles. The summed E-state index contributed by atoms with van der Waals surface area (Å²) in [6.45, 7) is 10.1. The van der Waals surface area contributed by atoms with E-state index in [4.69, 9.17) is 11.6 Å². The Bertz CT molecular complexity index is 279. The van der Waals surface area contributed by atoms with Crippen LogP contribution in [-0.4, -0.2) is 21.9 Å². The van der Waals surface area contributed by atoms with Crippen LogP contribution in [0.1, 0.15) is 26.5 Å². The van der Waals surface area contributed by atoms with Gasteiger partial charge in [0.25, 0.3) is 0 Å². The van der Waals surface area contributed by atoms with Gasteiger partial charge in [0, 0.05) is 18.3 Å². The highest BCUT2D eigenvalue weighted by Crippen LogP contribution is 2.11. The summed E-state index contributed by atoms with van der Waals surface area (Å²) in [7, 11) is 0. The molecule has 0 bridgehead atoms. The van der Waals surface area contributed by atoms with Crippen molar-refractivity contribution in [2.45, 2.75) is 39.8 Å². The van der Waals surface area contributed by atoms with Crippen LogP contribution in [0.4, 0.5) is 0 Å². The van der Waals surface area contributed by atoms with Crippen LogP contribution in [0.25, 0.3) is 0 Å². The third-order valence-electron chi connectivity index (χ3n) is 1.88. The van der Waals surface area contributed by atoms with Crippen molar-refractivity contribution in [3.05, 3.63) is 16.9 Å². The molecule has 0 saturated carbocycles. The number of aryl methyl sites for hydroxylation is 1. The van der Waals surface area contributed by atoms with E-state index >= 15 is 0 Å². The molecular formula is C10H18ClN3. The summed E-state index contributed by atoms with van der Waals surface area (Å²) >= 11 is 5.89. The first-order valence-electron chi connectivity index (χ1n) is 4.83. The van der Waals surface area contributed by atoms with Gasteiger partial charge in [-0.15, -0.1) is 0 Å². The lowest BCUT2D eigenvalue weighted by Gasteiger charge is -2.20. The van der Waals surface area contributed by atoms with Crippen molar-refractivity contribution in [3.8, 4) is 0 Å². The number of nitrogens with one attached hydrogen (secondary N) is 1. The Hall–Kier alpha value is -0.540. The van der Waals surface area contributed by atoms with Crippen LogP contribution in [0.3, 0.4) is 0 Å². The van der Waals surface area contributed by atoms with E-state index in [1.807, 2.05) is 17.8 Å². The zero-order chi connectivity index (χ0) is 10.8. The van der Waals surface area contributed by atoms with Gasteiger partial charge in [0.2, 0.25) is 0 Å². The zero-order valence-corrected chi connectivity index (χ0v) is 10.0. The molecule has 0 amide bonds. The van der Waals surface area contributed by atoms with Crippen LogP contribution in [0.2, 0.25) is 5.02 Å². The summed E-state index contributed by atoms with van der Waals surface area (Å²) in [5.41, 5.74) is 1.05. The van der Waals surface area contributed by atoms with Gasteiger partial charge in [0.1, 0.15) is 0 Å². The molecule has 0 saturated heterocycles. The minimum atomic E-state index is 0.159. The molecule has 0 unspecified atom stereocenters. The quantitative estimate of drug-likeness (QED) is 0.838. The monoisotopic (exact) mass is 215 g/mol. The molecule has 1 aromatic rings. The molecule has 1 rings (SSSR count). The maximum Gasteiger partial charge on any atom is 0.0814 e. The van der Waals surface area contributed by atoms with Gasteiger partial charge in [0.15, 0.2) is 0 Å². The third-order valence-corrected chi connectivity index (χ3v) is 2.25. The largest absolute Gasteiger partial charge is 0.310 e. The lowest BCUT2D eigenvalue weighted by atomic mass is 10.1. The number of aromatic nitrogens is 2. The lowest BCUT2D eigenvalue weighted by Crippen LogP contribution is -2.37. The first-order valence-corrected chi connectivity index (χ1v) is 5.21. The summed E-state index contributed by atoms with van der Waals surface area (Å²) in [6.07, 6.45) is 1.86. The first-order chi connectivity index (χ1) is 6.38. The van der Waals surface area contributed by atoms with Gasteiger partial charge in [-0.05, 0) is 27.7 Å². The van der Waals surface area contributed by atoms with Crippen molar-refractivity contribution >= 4 is 11.6 Å². The molecule has 3 nitrogen and oxygen atoms in total. The van der Waals surface area contributed by atoms with Gasteiger partial charge in [-0.3, -0.25) is 4.68 Å². The number of hydrogen-bond donors (Lipinski definition) is 1. The number of halogens is 1. The molecule has 0 fully saturated rings. The van der Waals surface area contributed by atoms with Crippen LogP contribution in [-0.2, 0) is 6.54 Å². The molecule has 0 spiro atoms. The second kappa shape index (κ2) is 4.32. The SMILES string of the molecule is Cc1nn(CCNC(C)(C)C)cc1Cl. The molecule has 0 aliphatic heterocycles. The Labute approximate surface area is 90.4 Å². The smallest absolute Gasteiger partial charge is 0.0814 e. The molecule has 1 heterocycles. The van der Waals surface area contributed by atoms with Crippen LogP contribution in [0.5, 0.6) is 0 Å². The summed E-state index contributed by atoms with van der Waals surface area (Å²) in [5.74, 6) is 0. The van der Waals surface area contributed by atoms with E-state index in [-0.39, 0.29) is 5.54 Å². The molecule has 4 heteroatoms. The van der Waals surface area contributed by atoms with E-state index in [2.05, 4.69) is 31.2 Å². The lowest BCUT2D eigenvalue weighted by molar-refractivity contribution is 0.405. The van der Waals surface area contributed by atoms with Crippen LogP contribution >= 0.6 is 11.6 Å². The van der Waals surface area contributed by atoms with E-state index in [0.29, 0.717) is 0 Å². The summed E-state index contributed by atoms with van der Waals surface area (Å²) < 4.78 is 1.87. The van der Waals surface area contributed by atoms with Gasteiger partial charge in [0.05, 0.1) is 17.3 Å². The highest BCUT2D eigenvalue weighted by Gasteiger charge is 2.08. The van der Waals surface area contributed by atoms with Crippen molar-refractivity contribution in [3.63, 3.8) is 0 Å². The zero-order valence-electron chi connectivity index (χ0n) is 9.26. The number of hydrogen-bond acceptors (Lipinski definition) is 2. The Morgan fingerprint density at radius 3 is 2.57 bits per heavy atom. The minimum absolute atomic E-state index is 0.159. The van der Waals surface area contributed by atoms with Crippen molar-refractivity contribution in [1.29, 1.82) is 0 Å². The highest BCUT2D eigenvalue weighted by molar-refractivity contribution is 6.31. The Balaban J connectivity index is 2.39. The topological polar surface area (TPSA) is 29.9 Å². The van der Waals surface area contributed by atoms with Crippen LogP contribution < -0.4 is 5.32 Å². The summed E-state index contributed by atoms with van der Waals surface area (Å²) in [6, 6.07) is 0. The van der Waals surface area contributed by atoms with Gasteiger partial charge in [-0.2, -0.15) is 5.10 Å². The molecule has 0 radical (unpaired) electrons. The highest BCUT2D eigenvalue weighted by atomic mass is 35.5. The van der Waals surface area contributed by atoms with Crippen molar-refractivity contribution in [1.82, 2.24) is 15.1 Å². The molecule has 0 aromatic carbocycles. The molecule has 14 heavy (non-hydrogen) atoms. The molecule has 0 atom stereocenters. The van der Waals surface area contributed by atoms with Gasteiger partial charge in [-0.25, -0.2) is 0 Å². The van der Waals surface area contributed by atoms with E-state index in [9.17, 15) is 0 Å². The fourth-order valence-corrected chi connectivity index (χ4v) is 1.30. The van der Waals surface area contributed by atoms with Gasteiger partial charge < -0.3 is 5.32 Å². The Morgan fingerprint density at radius 2 is 2.14 bits per heavy atom. The van der Waals surface area contributed by atoms with E-state index in [1.165, 1.54) is 0 Å². The average molecular weight is 216 g/mol. The normalized spacial score (nSPS) is 12.1. The second-order valence-electron chi connectivity index (χ2n) is 4.50. The minimum Gasteiger partial charge on any atom is -0.310 e. The molecule has 80 valence electrons. The standard InChI is InChI=1S/C10H18ClN3/c1-8-9(11)7-14(13-8)6-5-12-10(2,3)4/h7,12H,5-6H2,1-4H3. The number of rotatable bonds is 3. The average Bonchev–Trinajstić information content (AvgIpc) is 2.28. The maximum absolute atomic E-state index is 5.89. The fourth-order valence-electron chi connectivity index (χ4n) is 1.15. The molecule has 1 N–H and O–H groups in total. The van der Waals surface area contributed by atoms with Gasteiger partial charge in [-0.1, -0.05) is 11.6 Å². The Kier molecular flexibility index (Phi) is 3.56. The van der Waals surface area contributed by atoms with Gasteiger partial charge >= 0.3 is 0 Å². The van der Waals surface area contributed by atoms with E-state index in [0.717, 1.165) is 23.8 Å². The molecular weight excluding hydrogens is 198 g/mol. The fraction of sp³-hybridized carbons (Fsp3) is 0.700. The van der Waals surface area contributed by atoms with Crippen molar-refractivity contribution < 1.29 is 0 Å². The second-order valence-corrected chi connectivity index (χ2v) is 4.91. The summed E-state index contributed by atoms with van der Waals surface area (Å²) in [5, 5.41) is 8.41.